The Morgan fingerprint density at radius 1 is 1.16 bits per heavy atom. The summed E-state index contributed by atoms with van der Waals surface area (Å²) in [4.78, 5) is 14.0. The summed E-state index contributed by atoms with van der Waals surface area (Å²) in [6.07, 6.45) is 2.93. The molecule has 1 amide bonds. The zero-order valence-electron chi connectivity index (χ0n) is 10.3. The SMILES string of the molecule is O=C1C2C3C=CC(O3)C2C(O)N1Cc1ccccc1. The molecule has 2 saturated heterocycles. The van der Waals surface area contributed by atoms with Crippen molar-refractivity contribution in [1.82, 2.24) is 4.90 Å². The molecule has 1 aromatic rings. The van der Waals surface area contributed by atoms with Gasteiger partial charge in [-0.3, -0.25) is 4.79 Å². The Morgan fingerprint density at radius 2 is 1.89 bits per heavy atom. The van der Waals surface area contributed by atoms with E-state index in [-0.39, 0.29) is 30.0 Å². The summed E-state index contributed by atoms with van der Waals surface area (Å²) in [6, 6.07) is 9.77. The monoisotopic (exact) mass is 257 g/mol. The molecule has 5 atom stereocenters. The van der Waals surface area contributed by atoms with Gasteiger partial charge in [-0.15, -0.1) is 0 Å². The molecular weight excluding hydrogens is 242 g/mol. The molecule has 0 aromatic heterocycles. The van der Waals surface area contributed by atoms with E-state index in [4.69, 9.17) is 4.74 Å². The largest absolute Gasteiger partial charge is 0.373 e. The van der Waals surface area contributed by atoms with Crippen LogP contribution in [-0.4, -0.2) is 34.3 Å². The lowest BCUT2D eigenvalue weighted by atomic mass is 9.85. The molecule has 1 aromatic carbocycles. The highest BCUT2D eigenvalue weighted by atomic mass is 16.5. The summed E-state index contributed by atoms with van der Waals surface area (Å²) in [5.41, 5.74) is 1.04. The first-order chi connectivity index (χ1) is 9.25. The number of fused-ring (bicyclic) bond motifs is 5. The third-order valence-corrected chi connectivity index (χ3v) is 4.38. The molecule has 4 nitrogen and oxygen atoms in total. The van der Waals surface area contributed by atoms with Gasteiger partial charge in [0.1, 0.15) is 6.23 Å². The molecule has 4 heteroatoms. The lowest BCUT2D eigenvalue weighted by Crippen LogP contribution is -2.37. The van der Waals surface area contributed by atoms with Gasteiger partial charge in [-0.25, -0.2) is 0 Å². The molecule has 2 fully saturated rings. The van der Waals surface area contributed by atoms with Crippen LogP contribution in [0.3, 0.4) is 0 Å². The lowest BCUT2D eigenvalue weighted by Gasteiger charge is -2.24. The minimum absolute atomic E-state index is 0.0122. The van der Waals surface area contributed by atoms with Crippen molar-refractivity contribution in [1.29, 1.82) is 0 Å². The number of aliphatic hydroxyl groups excluding tert-OH is 1. The van der Waals surface area contributed by atoms with Crippen LogP contribution < -0.4 is 0 Å². The van der Waals surface area contributed by atoms with Crippen molar-refractivity contribution in [2.75, 3.05) is 0 Å². The van der Waals surface area contributed by atoms with E-state index in [2.05, 4.69) is 0 Å². The second-order valence-corrected chi connectivity index (χ2v) is 5.42. The number of benzene rings is 1. The van der Waals surface area contributed by atoms with Gasteiger partial charge < -0.3 is 14.7 Å². The topological polar surface area (TPSA) is 49.8 Å². The second-order valence-electron chi connectivity index (χ2n) is 5.42. The molecule has 0 saturated carbocycles. The van der Waals surface area contributed by atoms with Gasteiger partial charge in [0.15, 0.2) is 0 Å². The normalized spacial score (nSPS) is 39.1. The van der Waals surface area contributed by atoms with Gasteiger partial charge in [0.05, 0.1) is 18.1 Å². The number of amides is 1. The Kier molecular flexibility index (Phi) is 2.31. The van der Waals surface area contributed by atoms with Crippen molar-refractivity contribution in [3.8, 4) is 0 Å². The van der Waals surface area contributed by atoms with Crippen LogP contribution in [0.15, 0.2) is 42.5 Å². The van der Waals surface area contributed by atoms with Crippen molar-refractivity contribution < 1.29 is 14.6 Å². The van der Waals surface area contributed by atoms with E-state index >= 15 is 0 Å². The summed E-state index contributed by atoms with van der Waals surface area (Å²) in [5.74, 6) is -0.293. The molecule has 3 heterocycles. The quantitative estimate of drug-likeness (QED) is 0.801. The standard InChI is InChI=1S/C15H15NO3/c17-14-12-10-6-7-11(19-10)13(12)15(18)16(14)8-9-4-2-1-3-5-9/h1-7,10-14,17H,8H2. The summed E-state index contributed by atoms with van der Waals surface area (Å²) >= 11 is 0. The molecule has 19 heavy (non-hydrogen) atoms. The van der Waals surface area contributed by atoms with Crippen LogP contribution in [0.4, 0.5) is 0 Å². The van der Waals surface area contributed by atoms with Crippen LogP contribution in [0.1, 0.15) is 5.56 Å². The van der Waals surface area contributed by atoms with Crippen LogP contribution >= 0.6 is 0 Å². The predicted molar refractivity (Wildman–Crippen MR) is 67.8 cm³/mol. The lowest BCUT2D eigenvalue weighted by molar-refractivity contribution is -0.139. The summed E-state index contributed by atoms with van der Waals surface area (Å²) < 4.78 is 5.66. The molecule has 4 rings (SSSR count). The van der Waals surface area contributed by atoms with Crippen LogP contribution in [0.25, 0.3) is 0 Å². The molecular formula is C15H15NO3. The van der Waals surface area contributed by atoms with E-state index in [1.807, 2.05) is 42.5 Å². The van der Waals surface area contributed by atoms with Gasteiger partial charge in [0.25, 0.3) is 0 Å². The van der Waals surface area contributed by atoms with Crippen LogP contribution in [0, 0.1) is 11.8 Å². The Bertz CT molecular complexity index is 542. The summed E-state index contributed by atoms with van der Waals surface area (Å²) in [6.45, 7) is 0.466. The fourth-order valence-electron chi connectivity index (χ4n) is 3.48. The van der Waals surface area contributed by atoms with Crippen molar-refractivity contribution in [3.05, 3.63) is 48.0 Å². The van der Waals surface area contributed by atoms with E-state index in [1.54, 1.807) is 4.90 Å². The zero-order valence-corrected chi connectivity index (χ0v) is 10.3. The average molecular weight is 257 g/mol. The van der Waals surface area contributed by atoms with Crippen molar-refractivity contribution >= 4 is 5.91 Å². The maximum absolute atomic E-state index is 12.4. The number of hydrogen-bond donors (Lipinski definition) is 1. The third kappa shape index (κ3) is 1.50. The number of nitrogens with zero attached hydrogens (tertiary/aromatic N) is 1. The Hall–Kier alpha value is -1.65. The van der Waals surface area contributed by atoms with Gasteiger partial charge >= 0.3 is 0 Å². The van der Waals surface area contributed by atoms with Crippen molar-refractivity contribution in [3.63, 3.8) is 0 Å². The second kappa shape index (κ2) is 3.92. The fourth-order valence-corrected chi connectivity index (χ4v) is 3.48. The number of carbonyl (C=O) groups excluding carboxylic acids is 1. The highest BCUT2D eigenvalue weighted by molar-refractivity contribution is 5.83. The zero-order chi connectivity index (χ0) is 13.0. The van der Waals surface area contributed by atoms with E-state index in [1.165, 1.54) is 0 Å². The van der Waals surface area contributed by atoms with E-state index in [0.717, 1.165) is 5.56 Å². The number of hydrogen-bond acceptors (Lipinski definition) is 3. The number of aliphatic hydroxyl groups is 1. The first-order valence-electron chi connectivity index (χ1n) is 6.62. The number of likely N-dealkylation sites (tertiary alicyclic amines) is 1. The first kappa shape index (κ1) is 11.2. The molecule has 0 spiro atoms. The van der Waals surface area contributed by atoms with Crippen LogP contribution in [-0.2, 0) is 16.1 Å². The Labute approximate surface area is 111 Å². The molecule has 5 unspecified atom stereocenters. The number of carbonyl (C=O) groups is 1. The third-order valence-electron chi connectivity index (χ3n) is 4.38. The van der Waals surface area contributed by atoms with Crippen molar-refractivity contribution in [2.24, 2.45) is 11.8 Å². The number of rotatable bonds is 2. The highest BCUT2D eigenvalue weighted by Crippen LogP contribution is 2.47. The first-order valence-corrected chi connectivity index (χ1v) is 6.62. The minimum Gasteiger partial charge on any atom is -0.373 e. The molecule has 3 aliphatic heterocycles. The van der Waals surface area contributed by atoms with E-state index in [9.17, 15) is 9.90 Å². The molecule has 1 N–H and O–H groups in total. The Balaban J connectivity index is 1.60. The Morgan fingerprint density at radius 3 is 2.63 bits per heavy atom. The summed E-state index contributed by atoms with van der Waals surface area (Å²) in [5, 5.41) is 10.4. The van der Waals surface area contributed by atoms with E-state index < -0.39 is 6.23 Å². The smallest absolute Gasteiger partial charge is 0.231 e. The molecule has 3 aliphatic rings. The minimum atomic E-state index is -0.738. The summed E-state index contributed by atoms with van der Waals surface area (Å²) in [7, 11) is 0. The van der Waals surface area contributed by atoms with Crippen molar-refractivity contribution in [2.45, 2.75) is 25.0 Å². The number of ether oxygens (including phenoxy) is 1. The molecule has 98 valence electrons. The molecule has 2 bridgehead atoms. The maximum Gasteiger partial charge on any atom is 0.231 e. The van der Waals surface area contributed by atoms with Gasteiger partial charge in [0.2, 0.25) is 5.91 Å². The van der Waals surface area contributed by atoms with Gasteiger partial charge in [0, 0.05) is 12.5 Å². The highest BCUT2D eigenvalue weighted by Gasteiger charge is 2.60. The van der Waals surface area contributed by atoms with Gasteiger partial charge in [-0.2, -0.15) is 0 Å². The molecule has 0 aliphatic carbocycles. The van der Waals surface area contributed by atoms with Gasteiger partial charge in [-0.1, -0.05) is 42.5 Å². The average Bonchev–Trinajstić information content (AvgIpc) is 3.10. The van der Waals surface area contributed by atoms with Crippen LogP contribution in [0.2, 0.25) is 0 Å². The van der Waals surface area contributed by atoms with Crippen LogP contribution in [0.5, 0.6) is 0 Å². The fraction of sp³-hybridized carbons (Fsp3) is 0.400. The molecule has 0 radical (unpaired) electrons. The van der Waals surface area contributed by atoms with E-state index in [0.29, 0.717) is 6.54 Å². The predicted octanol–water partition coefficient (Wildman–Crippen LogP) is 0.917. The van der Waals surface area contributed by atoms with Gasteiger partial charge in [-0.05, 0) is 5.56 Å². The maximum atomic E-state index is 12.4.